The molecule has 1 atom stereocenters. The quantitative estimate of drug-likeness (QED) is 0.373. The minimum atomic E-state index is -0.835. The van der Waals surface area contributed by atoms with Crippen molar-refractivity contribution in [1.29, 1.82) is 0 Å². The number of nitro groups is 1. The molecule has 0 unspecified atom stereocenters. The second-order valence-electron chi connectivity index (χ2n) is 7.24. The Morgan fingerprint density at radius 1 is 1.06 bits per heavy atom. The number of non-ortho nitro benzene ring substituents is 1. The Hall–Kier alpha value is -3.95. The maximum absolute atomic E-state index is 12.5. The molecule has 11 heteroatoms. The molecule has 9 nitrogen and oxygen atoms in total. The van der Waals surface area contributed by atoms with E-state index in [1.165, 1.54) is 48.3 Å². The van der Waals surface area contributed by atoms with E-state index in [2.05, 4.69) is 10.4 Å². The summed E-state index contributed by atoms with van der Waals surface area (Å²) in [6.45, 7) is 1.35. The summed E-state index contributed by atoms with van der Waals surface area (Å²) >= 11 is 12.0. The first-order chi connectivity index (χ1) is 16.2. The van der Waals surface area contributed by atoms with Crippen LogP contribution in [0.15, 0.2) is 71.8 Å². The number of ether oxygens (including phenoxy) is 1. The highest BCUT2D eigenvalue weighted by Gasteiger charge is 2.33. The molecule has 0 bridgehead atoms. The zero-order valence-electron chi connectivity index (χ0n) is 17.6. The Balaban J connectivity index is 1.50. The number of nitrogens with zero attached hydrogens (tertiary/aromatic N) is 3. The highest BCUT2D eigenvalue weighted by atomic mass is 35.5. The Morgan fingerprint density at radius 3 is 2.32 bits per heavy atom. The van der Waals surface area contributed by atoms with E-state index in [0.29, 0.717) is 21.8 Å². The fourth-order valence-electron chi connectivity index (χ4n) is 3.23. The summed E-state index contributed by atoms with van der Waals surface area (Å²) in [7, 11) is 0. The van der Waals surface area contributed by atoms with Crippen molar-refractivity contribution in [3.05, 3.63) is 104 Å². The number of nitrogens with one attached hydrogen (secondary N) is 1. The van der Waals surface area contributed by atoms with Crippen LogP contribution >= 0.6 is 23.2 Å². The van der Waals surface area contributed by atoms with Gasteiger partial charge in [0.1, 0.15) is 0 Å². The lowest BCUT2D eigenvalue weighted by Crippen LogP contribution is -2.25. The third-order valence-electron chi connectivity index (χ3n) is 4.92. The van der Waals surface area contributed by atoms with Crippen molar-refractivity contribution in [3.8, 4) is 0 Å². The van der Waals surface area contributed by atoms with E-state index in [9.17, 15) is 19.7 Å². The summed E-state index contributed by atoms with van der Waals surface area (Å²) in [6, 6.07) is 16.9. The van der Waals surface area contributed by atoms with Gasteiger partial charge in [0.15, 0.2) is 0 Å². The molecule has 0 saturated carbocycles. The number of hydrogen-bond acceptors (Lipinski definition) is 6. The maximum atomic E-state index is 12.5. The second kappa shape index (κ2) is 9.50. The smallest absolute Gasteiger partial charge is 0.269 e. The summed E-state index contributed by atoms with van der Waals surface area (Å²) in [6.07, 6.45) is -0.835. The number of hydrazone groups is 1. The van der Waals surface area contributed by atoms with Crippen LogP contribution < -0.4 is 5.32 Å². The average Bonchev–Trinajstić information content (AvgIpc) is 3.25. The summed E-state index contributed by atoms with van der Waals surface area (Å²) in [5, 5.41) is 19.7. The minimum Gasteiger partial charge on any atom is -0.446 e. The molecule has 172 valence electrons. The SMILES string of the molecule is CC(=O)N1N=C(c2ccc([N+](=O)[O-])cc2)O[C@@H]1c1ccc(NC(=O)c2ccc(Cl)cc2Cl)cc1. The van der Waals surface area contributed by atoms with Crippen LogP contribution in [0.5, 0.6) is 0 Å². The van der Waals surface area contributed by atoms with Crippen LogP contribution in [0.1, 0.15) is 34.6 Å². The Labute approximate surface area is 203 Å². The van der Waals surface area contributed by atoms with Crippen molar-refractivity contribution in [2.45, 2.75) is 13.2 Å². The molecule has 0 aliphatic carbocycles. The third kappa shape index (κ3) is 4.85. The standard InChI is InChI=1S/C23H16Cl2N4O5/c1-13(30)28-23(34-22(27-28)14-4-9-18(10-5-14)29(32)33)15-2-7-17(8-3-15)26-21(31)19-11-6-16(24)12-20(19)25/h2-12,23H,1H3,(H,26,31)/t23-/m1/s1. The first-order valence-corrected chi connectivity index (χ1v) is 10.6. The molecule has 0 spiro atoms. The van der Waals surface area contributed by atoms with Gasteiger partial charge in [0.25, 0.3) is 11.6 Å². The number of anilines is 1. The highest BCUT2D eigenvalue weighted by molar-refractivity contribution is 6.37. The van der Waals surface area contributed by atoms with Crippen LogP contribution in [0.4, 0.5) is 11.4 Å². The van der Waals surface area contributed by atoms with Crippen LogP contribution in [0, 0.1) is 10.1 Å². The lowest BCUT2D eigenvalue weighted by Gasteiger charge is -2.19. The molecule has 34 heavy (non-hydrogen) atoms. The normalized spacial score (nSPS) is 14.9. The number of carbonyl (C=O) groups excluding carboxylic acids is 2. The Bertz CT molecular complexity index is 1310. The summed E-state index contributed by atoms with van der Waals surface area (Å²) in [4.78, 5) is 35.0. The van der Waals surface area contributed by atoms with Crippen molar-refractivity contribution in [2.24, 2.45) is 5.10 Å². The Morgan fingerprint density at radius 2 is 1.74 bits per heavy atom. The molecular formula is C23H16Cl2N4O5. The van der Waals surface area contributed by atoms with Gasteiger partial charge in [-0.25, -0.2) is 0 Å². The molecule has 1 aliphatic heterocycles. The number of carbonyl (C=O) groups is 2. The van der Waals surface area contributed by atoms with Gasteiger partial charge in [-0.15, -0.1) is 5.10 Å². The van der Waals surface area contributed by atoms with Crippen LogP contribution in [0.3, 0.4) is 0 Å². The molecule has 0 radical (unpaired) electrons. The fourth-order valence-corrected chi connectivity index (χ4v) is 3.72. The number of halogens is 2. The molecule has 0 fully saturated rings. The zero-order valence-corrected chi connectivity index (χ0v) is 19.1. The summed E-state index contributed by atoms with van der Waals surface area (Å²) in [5.74, 6) is -0.595. The summed E-state index contributed by atoms with van der Waals surface area (Å²) in [5.41, 5.74) is 1.81. The van der Waals surface area contributed by atoms with Crippen molar-refractivity contribution in [3.63, 3.8) is 0 Å². The average molecular weight is 499 g/mol. The van der Waals surface area contributed by atoms with Crippen LogP contribution in [0.2, 0.25) is 10.0 Å². The van der Waals surface area contributed by atoms with Gasteiger partial charge in [-0.3, -0.25) is 19.7 Å². The third-order valence-corrected chi connectivity index (χ3v) is 5.47. The van der Waals surface area contributed by atoms with Gasteiger partial charge in [-0.05, 0) is 42.5 Å². The molecule has 3 aromatic rings. The van der Waals surface area contributed by atoms with E-state index in [0.717, 1.165) is 0 Å². The van der Waals surface area contributed by atoms with Crippen LogP contribution in [-0.4, -0.2) is 27.6 Å². The molecule has 1 aliphatic rings. The minimum absolute atomic E-state index is 0.0696. The van der Waals surface area contributed by atoms with Crippen molar-refractivity contribution >= 4 is 52.3 Å². The van der Waals surface area contributed by atoms with Gasteiger partial charge in [0, 0.05) is 40.9 Å². The monoisotopic (exact) mass is 498 g/mol. The predicted octanol–water partition coefficient (Wildman–Crippen LogP) is 5.39. The molecule has 0 saturated heterocycles. The lowest BCUT2D eigenvalue weighted by molar-refractivity contribution is -0.384. The van der Waals surface area contributed by atoms with E-state index in [4.69, 9.17) is 27.9 Å². The number of rotatable bonds is 5. The molecule has 3 aromatic carbocycles. The van der Waals surface area contributed by atoms with E-state index in [1.54, 1.807) is 30.3 Å². The number of nitro benzene ring substituents is 1. The van der Waals surface area contributed by atoms with Gasteiger partial charge >= 0.3 is 0 Å². The molecule has 1 heterocycles. The Kier molecular flexibility index (Phi) is 6.49. The first kappa shape index (κ1) is 23.2. The number of benzene rings is 3. The van der Waals surface area contributed by atoms with Gasteiger partial charge in [-0.2, -0.15) is 5.01 Å². The van der Waals surface area contributed by atoms with Gasteiger partial charge < -0.3 is 10.1 Å². The maximum Gasteiger partial charge on any atom is 0.269 e. The highest BCUT2D eigenvalue weighted by Crippen LogP contribution is 2.31. The largest absolute Gasteiger partial charge is 0.446 e. The number of amides is 2. The van der Waals surface area contributed by atoms with Crippen LogP contribution in [0.25, 0.3) is 0 Å². The van der Waals surface area contributed by atoms with E-state index < -0.39 is 17.1 Å². The van der Waals surface area contributed by atoms with Gasteiger partial charge in [-0.1, -0.05) is 35.3 Å². The summed E-state index contributed by atoms with van der Waals surface area (Å²) < 4.78 is 5.89. The van der Waals surface area contributed by atoms with E-state index in [1.807, 2.05) is 0 Å². The van der Waals surface area contributed by atoms with Gasteiger partial charge in [0.2, 0.25) is 18.0 Å². The van der Waals surface area contributed by atoms with Gasteiger partial charge in [0.05, 0.1) is 15.5 Å². The predicted molar refractivity (Wildman–Crippen MR) is 127 cm³/mol. The lowest BCUT2D eigenvalue weighted by atomic mass is 10.1. The van der Waals surface area contributed by atoms with Crippen molar-refractivity contribution < 1.29 is 19.2 Å². The van der Waals surface area contributed by atoms with Crippen molar-refractivity contribution in [1.82, 2.24) is 5.01 Å². The molecule has 2 amide bonds. The fraction of sp³-hybridized carbons (Fsp3) is 0.0870. The molecule has 4 rings (SSSR count). The van der Waals surface area contributed by atoms with Crippen molar-refractivity contribution in [2.75, 3.05) is 5.32 Å². The van der Waals surface area contributed by atoms with E-state index in [-0.39, 0.29) is 28.1 Å². The number of hydrogen-bond donors (Lipinski definition) is 1. The molecule has 1 N–H and O–H groups in total. The van der Waals surface area contributed by atoms with E-state index >= 15 is 0 Å². The first-order valence-electron chi connectivity index (χ1n) is 9.89. The second-order valence-corrected chi connectivity index (χ2v) is 8.09. The molecular weight excluding hydrogens is 483 g/mol. The molecule has 0 aromatic heterocycles. The topological polar surface area (TPSA) is 114 Å². The van der Waals surface area contributed by atoms with Crippen LogP contribution in [-0.2, 0) is 9.53 Å². The zero-order chi connectivity index (χ0) is 24.4.